The van der Waals surface area contributed by atoms with Crippen molar-refractivity contribution >= 4 is 5.91 Å². The number of hydrogen-bond acceptors (Lipinski definition) is 4. The van der Waals surface area contributed by atoms with Gasteiger partial charge in [-0.05, 0) is 29.7 Å². The van der Waals surface area contributed by atoms with E-state index in [0.717, 1.165) is 12.0 Å². The Morgan fingerprint density at radius 1 is 0.960 bits per heavy atom. The molecule has 0 radical (unpaired) electrons. The van der Waals surface area contributed by atoms with Crippen molar-refractivity contribution in [2.24, 2.45) is 5.73 Å². The van der Waals surface area contributed by atoms with Crippen LogP contribution in [0, 0.1) is 0 Å². The molecule has 0 spiro atoms. The Hall–Kier alpha value is -2.53. The van der Waals surface area contributed by atoms with E-state index >= 15 is 0 Å². The molecule has 0 aromatic heterocycles. The van der Waals surface area contributed by atoms with Gasteiger partial charge in [0, 0.05) is 19.6 Å². The maximum atomic E-state index is 12.7. The zero-order chi connectivity index (χ0) is 18.1. The fourth-order valence-electron chi connectivity index (χ4n) is 2.70. The lowest BCUT2D eigenvalue weighted by Gasteiger charge is -2.22. The molecular weight excluding hydrogens is 316 g/mol. The molecular formula is C20H26N2O3. The van der Waals surface area contributed by atoms with E-state index in [-0.39, 0.29) is 5.91 Å². The molecule has 0 aliphatic rings. The van der Waals surface area contributed by atoms with Crippen LogP contribution >= 0.6 is 0 Å². The van der Waals surface area contributed by atoms with Crippen molar-refractivity contribution in [3.05, 3.63) is 59.7 Å². The molecule has 2 N–H and O–H groups in total. The van der Waals surface area contributed by atoms with Crippen molar-refractivity contribution < 1.29 is 14.3 Å². The third-order valence-electron chi connectivity index (χ3n) is 4.07. The van der Waals surface area contributed by atoms with E-state index < -0.39 is 0 Å². The number of amides is 1. The Bertz CT molecular complexity index is 674. The lowest BCUT2D eigenvalue weighted by atomic mass is 10.1. The second-order valence-electron chi connectivity index (χ2n) is 5.77. The normalized spacial score (nSPS) is 10.4. The lowest BCUT2D eigenvalue weighted by molar-refractivity contribution is -0.130. The largest absolute Gasteiger partial charge is 0.493 e. The number of nitrogens with zero attached hydrogens (tertiary/aromatic N) is 1. The van der Waals surface area contributed by atoms with E-state index in [1.807, 2.05) is 41.3 Å². The summed E-state index contributed by atoms with van der Waals surface area (Å²) in [5, 5.41) is 0. The molecule has 0 bridgehead atoms. The first-order valence-corrected chi connectivity index (χ1v) is 8.40. The van der Waals surface area contributed by atoms with Crippen LogP contribution in [0.5, 0.6) is 11.5 Å². The Balaban J connectivity index is 2.02. The summed E-state index contributed by atoms with van der Waals surface area (Å²) in [4.78, 5) is 14.5. The fourth-order valence-corrected chi connectivity index (χ4v) is 2.70. The maximum absolute atomic E-state index is 12.7. The zero-order valence-electron chi connectivity index (χ0n) is 14.9. The van der Waals surface area contributed by atoms with Gasteiger partial charge in [0.15, 0.2) is 11.5 Å². The van der Waals surface area contributed by atoms with Crippen molar-refractivity contribution in [3.8, 4) is 11.5 Å². The molecule has 2 aromatic carbocycles. The highest BCUT2D eigenvalue weighted by molar-refractivity contribution is 5.79. The molecule has 25 heavy (non-hydrogen) atoms. The minimum Gasteiger partial charge on any atom is -0.493 e. The summed E-state index contributed by atoms with van der Waals surface area (Å²) >= 11 is 0. The van der Waals surface area contributed by atoms with E-state index in [1.54, 1.807) is 14.2 Å². The highest BCUT2D eigenvalue weighted by atomic mass is 16.5. The van der Waals surface area contributed by atoms with Gasteiger partial charge in [-0.15, -0.1) is 0 Å². The summed E-state index contributed by atoms with van der Waals surface area (Å²) < 4.78 is 10.5. The van der Waals surface area contributed by atoms with Crippen LogP contribution in [-0.2, 0) is 17.6 Å². The van der Waals surface area contributed by atoms with Gasteiger partial charge in [-0.3, -0.25) is 4.79 Å². The number of ether oxygens (including phenoxy) is 2. The molecule has 0 saturated heterocycles. The van der Waals surface area contributed by atoms with E-state index in [1.165, 1.54) is 5.56 Å². The van der Waals surface area contributed by atoms with Gasteiger partial charge in [-0.2, -0.15) is 0 Å². The van der Waals surface area contributed by atoms with Crippen LogP contribution in [0.2, 0.25) is 0 Å². The van der Waals surface area contributed by atoms with Crippen LogP contribution in [0.3, 0.4) is 0 Å². The van der Waals surface area contributed by atoms with Crippen LogP contribution in [-0.4, -0.2) is 44.7 Å². The third kappa shape index (κ3) is 5.50. The van der Waals surface area contributed by atoms with Crippen molar-refractivity contribution in [3.63, 3.8) is 0 Å². The molecule has 0 heterocycles. The van der Waals surface area contributed by atoms with Gasteiger partial charge in [0.2, 0.25) is 5.91 Å². The molecule has 2 aromatic rings. The molecule has 0 atom stereocenters. The van der Waals surface area contributed by atoms with Crippen molar-refractivity contribution in [2.75, 3.05) is 33.9 Å². The Kier molecular flexibility index (Phi) is 7.29. The number of benzene rings is 2. The Labute approximate surface area is 149 Å². The molecule has 0 aliphatic heterocycles. The molecule has 2 rings (SSSR count). The SMILES string of the molecule is COc1ccc(CC(=O)N(CCN)CCc2ccccc2)cc1OC. The summed E-state index contributed by atoms with van der Waals surface area (Å²) in [7, 11) is 3.18. The first-order chi connectivity index (χ1) is 12.2. The van der Waals surface area contributed by atoms with E-state index in [9.17, 15) is 4.79 Å². The first-order valence-electron chi connectivity index (χ1n) is 8.40. The average Bonchev–Trinajstić information content (AvgIpc) is 2.65. The van der Waals surface area contributed by atoms with E-state index in [0.29, 0.717) is 37.6 Å². The van der Waals surface area contributed by atoms with Gasteiger partial charge in [0.25, 0.3) is 0 Å². The molecule has 0 fully saturated rings. The van der Waals surface area contributed by atoms with Crippen LogP contribution in [0.4, 0.5) is 0 Å². The number of carbonyl (C=O) groups excluding carboxylic acids is 1. The number of methoxy groups -OCH3 is 2. The van der Waals surface area contributed by atoms with Gasteiger partial charge >= 0.3 is 0 Å². The molecule has 134 valence electrons. The predicted octanol–water partition coefficient (Wildman–Crippen LogP) is 2.28. The molecule has 0 unspecified atom stereocenters. The summed E-state index contributed by atoms with van der Waals surface area (Å²) in [6.45, 7) is 1.67. The Morgan fingerprint density at radius 3 is 2.32 bits per heavy atom. The van der Waals surface area contributed by atoms with Crippen LogP contribution in [0.25, 0.3) is 0 Å². The monoisotopic (exact) mass is 342 g/mol. The second kappa shape index (κ2) is 9.69. The van der Waals surface area contributed by atoms with E-state index in [2.05, 4.69) is 12.1 Å². The number of rotatable bonds is 9. The Morgan fingerprint density at radius 2 is 1.68 bits per heavy atom. The van der Waals surface area contributed by atoms with Crippen LogP contribution < -0.4 is 15.2 Å². The number of nitrogens with two attached hydrogens (primary N) is 1. The van der Waals surface area contributed by atoms with Crippen LogP contribution in [0.1, 0.15) is 11.1 Å². The minimum atomic E-state index is 0.0635. The standard InChI is InChI=1S/C20H26N2O3/c1-24-18-9-8-17(14-19(18)25-2)15-20(23)22(13-11-21)12-10-16-6-4-3-5-7-16/h3-9,14H,10-13,15,21H2,1-2H3. The quantitative estimate of drug-likeness (QED) is 0.759. The fraction of sp³-hybridized carbons (Fsp3) is 0.350. The van der Waals surface area contributed by atoms with Gasteiger partial charge in [0.05, 0.1) is 20.6 Å². The van der Waals surface area contributed by atoms with Crippen molar-refractivity contribution in [2.45, 2.75) is 12.8 Å². The molecule has 5 heteroatoms. The van der Waals surface area contributed by atoms with Gasteiger partial charge < -0.3 is 20.1 Å². The van der Waals surface area contributed by atoms with E-state index in [4.69, 9.17) is 15.2 Å². The summed E-state index contributed by atoms with van der Waals surface area (Å²) in [5.74, 6) is 1.35. The molecule has 5 nitrogen and oxygen atoms in total. The molecule has 0 saturated carbocycles. The highest BCUT2D eigenvalue weighted by Gasteiger charge is 2.15. The smallest absolute Gasteiger partial charge is 0.227 e. The highest BCUT2D eigenvalue weighted by Crippen LogP contribution is 2.27. The summed E-state index contributed by atoms with van der Waals surface area (Å²) in [6.07, 6.45) is 1.13. The maximum Gasteiger partial charge on any atom is 0.227 e. The predicted molar refractivity (Wildman–Crippen MR) is 99.0 cm³/mol. The lowest BCUT2D eigenvalue weighted by Crippen LogP contribution is -2.37. The summed E-state index contributed by atoms with van der Waals surface area (Å²) in [5.41, 5.74) is 7.79. The van der Waals surface area contributed by atoms with Gasteiger partial charge in [0.1, 0.15) is 0 Å². The minimum absolute atomic E-state index is 0.0635. The zero-order valence-corrected chi connectivity index (χ0v) is 14.9. The van der Waals surface area contributed by atoms with Crippen molar-refractivity contribution in [1.29, 1.82) is 0 Å². The van der Waals surface area contributed by atoms with Crippen molar-refractivity contribution in [1.82, 2.24) is 4.90 Å². The van der Waals surface area contributed by atoms with Gasteiger partial charge in [-0.25, -0.2) is 0 Å². The first kappa shape index (κ1) is 18.8. The summed E-state index contributed by atoms with van der Waals surface area (Å²) in [6, 6.07) is 15.7. The topological polar surface area (TPSA) is 64.8 Å². The average molecular weight is 342 g/mol. The second-order valence-corrected chi connectivity index (χ2v) is 5.77. The molecule has 1 amide bonds. The number of carbonyl (C=O) groups is 1. The van der Waals surface area contributed by atoms with Crippen LogP contribution in [0.15, 0.2) is 48.5 Å². The third-order valence-corrected chi connectivity index (χ3v) is 4.07. The number of hydrogen-bond donors (Lipinski definition) is 1. The van der Waals surface area contributed by atoms with Gasteiger partial charge in [-0.1, -0.05) is 36.4 Å². The molecule has 0 aliphatic carbocycles.